The fourth-order valence-electron chi connectivity index (χ4n) is 1.81. The summed E-state index contributed by atoms with van der Waals surface area (Å²) in [6.07, 6.45) is 1.18. The minimum absolute atomic E-state index is 0.0957. The molecule has 1 aliphatic rings. The molecule has 2 N–H and O–H groups in total. The van der Waals surface area contributed by atoms with Gasteiger partial charge in [-0.05, 0) is 12.8 Å². The zero-order chi connectivity index (χ0) is 13.7. The Bertz CT molecular complexity index is 431. The summed E-state index contributed by atoms with van der Waals surface area (Å²) in [5, 5.41) is 19.0. The Balaban J connectivity index is 1.73. The third kappa shape index (κ3) is 4.14. The SMILES string of the molecule is O=C(O)COC1CCN(C(=O)Nc2nncs2)CC1. The number of hydrogen-bond acceptors (Lipinski definition) is 6. The van der Waals surface area contributed by atoms with Crippen molar-refractivity contribution in [3.8, 4) is 0 Å². The lowest BCUT2D eigenvalue weighted by Crippen LogP contribution is -2.43. The van der Waals surface area contributed by atoms with E-state index in [1.165, 1.54) is 11.3 Å². The third-order valence-electron chi connectivity index (χ3n) is 2.75. The molecule has 2 amide bonds. The molecule has 1 aromatic heterocycles. The molecule has 1 aliphatic heterocycles. The van der Waals surface area contributed by atoms with Gasteiger partial charge in [0.1, 0.15) is 12.1 Å². The van der Waals surface area contributed by atoms with Crippen molar-refractivity contribution in [1.82, 2.24) is 15.1 Å². The number of nitrogens with zero attached hydrogens (tertiary/aromatic N) is 3. The largest absolute Gasteiger partial charge is 0.480 e. The van der Waals surface area contributed by atoms with Crippen molar-refractivity contribution in [2.24, 2.45) is 0 Å². The standard InChI is InChI=1S/C10H14N4O4S/c15-8(16)5-18-7-1-3-14(4-2-7)10(17)12-9-13-11-6-19-9/h6-7H,1-5H2,(H,15,16)(H,12,13,17). The van der Waals surface area contributed by atoms with E-state index in [4.69, 9.17) is 9.84 Å². The Kier molecular flexibility index (Phi) is 4.63. The molecule has 8 nitrogen and oxygen atoms in total. The summed E-state index contributed by atoms with van der Waals surface area (Å²) in [6, 6.07) is -0.214. The highest BCUT2D eigenvalue weighted by atomic mass is 32.1. The van der Waals surface area contributed by atoms with Crippen LogP contribution in [-0.2, 0) is 9.53 Å². The second-order valence-electron chi connectivity index (χ2n) is 4.07. The lowest BCUT2D eigenvalue weighted by Gasteiger charge is -2.31. The molecule has 0 unspecified atom stereocenters. The van der Waals surface area contributed by atoms with Crippen molar-refractivity contribution in [2.75, 3.05) is 25.0 Å². The maximum Gasteiger partial charge on any atom is 0.329 e. The zero-order valence-corrected chi connectivity index (χ0v) is 10.9. The van der Waals surface area contributed by atoms with E-state index in [-0.39, 0.29) is 18.7 Å². The third-order valence-corrected chi connectivity index (χ3v) is 3.35. The first-order valence-electron chi connectivity index (χ1n) is 5.80. The summed E-state index contributed by atoms with van der Waals surface area (Å²) in [6.45, 7) is 0.783. The van der Waals surface area contributed by atoms with Gasteiger partial charge in [-0.2, -0.15) is 0 Å². The molecule has 2 heterocycles. The Hall–Kier alpha value is -1.74. The summed E-state index contributed by atoms with van der Waals surface area (Å²) in [5.41, 5.74) is 1.54. The Morgan fingerprint density at radius 2 is 2.26 bits per heavy atom. The molecule has 2 rings (SSSR count). The average Bonchev–Trinajstić information content (AvgIpc) is 2.89. The van der Waals surface area contributed by atoms with E-state index in [0.717, 1.165) is 0 Å². The summed E-state index contributed by atoms with van der Waals surface area (Å²) < 4.78 is 5.20. The maximum absolute atomic E-state index is 11.9. The van der Waals surface area contributed by atoms with Crippen LogP contribution in [0.3, 0.4) is 0 Å². The van der Waals surface area contributed by atoms with Crippen molar-refractivity contribution in [3.05, 3.63) is 5.51 Å². The van der Waals surface area contributed by atoms with Gasteiger partial charge < -0.3 is 14.7 Å². The lowest BCUT2D eigenvalue weighted by atomic mass is 10.1. The molecule has 0 atom stereocenters. The first kappa shape index (κ1) is 13.7. The number of nitrogens with one attached hydrogen (secondary N) is 1. The molecular weight excluding hydrogens is 272 g/mol. The quantitative estimate of drug-likeness (QED) is 0.841. The molecule has 1 fully saturated rings. The first-order valence-corrected chi connectivity index (χ1v) is 6.68. The Morgan fingerprint density at radius 3 is 2.84 bits per heavy atom. The molecule has 19 heavy (non-hydrogen) atoms. The number of ether oxygens (including phenoxy) is 1. The van der Waals surface area contributed by atoms with Crippen LogP contribution >= 0.6 is 11.3 Å². The van der Waals surface area contributed by atoms with Gasteiger partial charge in [0, 0.05) is 13.1 Å². The van der Waals surface area contributed by atoms with Crippen molar-refractivity contribution in [1.29, 1.82) is 0 Å². The molecule has 1 aromatic rings. The van der Waals surface area contributed by atoms with Gasteiger partial charge in [-0.25, -0.2) is 9.59 Å². The van der Waals surface area contributed by atoms with E-state index in [0.29, 0.717) is 31.1 Å². The summed E-state index contributed by atoms with van der Waals surface area (Å²) in [7, 11) is 0. The van der Waals surface area contributed by atoms with E-state index in [1.54, 1.807) is 10.4 Å². The van der Waals surface area contributed by atoms with Gasteiger partial charge in [-0.1, -0.05) is 11.3 Å². The molecule has 0 spiro atoms. The van der Waals surface area contributed by atoms with Gasteiger partial charge in [-0.3, -0.25) is 5.32 Å². The number of carbonyl (C=O) groups is 2. The van der Waals surface area contributed by atoms with Crippen LogP contribution in [0.4, 0.5) is 9.93 Å². The van der Waals surface area contributed by atoms with E-state index in [1.807, 2.05) is 0 Å². The Morgan fingerprint density at radius 1 is 1.53 bits per heavy atom. The summed E-state index contributed by atoms with van der Waals surface area (Å²) in [5.74, 6) is -0.976. The molecule has 0 aromatic carbocycles. The molecule has 1 saturated heterocycles. The zero-order valence-electron chi connectivity index (χ0n) is 10.1. The maximum atomic E-state index is 11.9. The van der Waals surface area contributed by atoms with E-state index in [2.05, 4.69) is 15.5 Å². The van der Waals surface area contributed by atoms with Crippen LogP contribution < -0.4 is 5.32 Å². The smallest absolute Gasteiger partial charge is 0.329 e. The average molecular weight is 286 g/mol. The molecular formula is C10H14N4O4S. The second kappa shape index (κ2) is 6.43. The second-order valence-corrected chi connectivity index (χ2v) is 4.90. The number of rotatable bonds is 4. The summed E-state index contributed by atoms with van der Waals surface area (Å²) >= 11 is 1.26. The molecule has 104 valence electrons. The number of aliphatic carboxylic acids is 1. The van der Waals surface area contributed by atoms with E-state index in [9.17, 15) is 9.59 Å². The highest BCUT2D eigenvalue weighted by Gasteiger charge is 2.24. The number of amides is 2. The lowest BCUT2D eigenvalue weighted by molar-refractivity contribution is -0.145. The van der Waals surface area contributed by atoms with E-state index >= 15 is 0 Å². The number of aromatic nitrogens is 2. The van der Waals surface area contributed by atoms with Crippen LogP contribution in [0.5, 0.6) is 0 Å². The topological polar surface area (TPSA) is 105 Å². The number of anilines is 1. The highest BCUT2D eigenvalue weighted by molar-refractivity contribution is 7.13. The highest BCUT2D eigenvalue weighted by Crippen LogP contribution is 2.16. The van der Waals surface area contributed by atoms with Gasteiger partial charge >= 0.3 is 12.0 Å². The van der Waals surface area contributed by atoms with Gasteiger partial charge in [0.15, 0.2) is 0 Å². The fraction of sp³-hybridized carbons (Fsp3) is 0.600. The van der Waals surface area contributed by atoms with Crippen LogP contribution in [-0.4, -0.2) is 58.0 Å². The number of piperidine rings is 1. The monoisotopic (exact) mass is 286 g/mol. The summed E-state index contributed by atoms with van der Waals surface area (Å²) in [4.78, 5) is 23.9. The number of likely N-dealkylation sites (tertiary alicyclic amines) is 1. The van der Waals surface area contributed by atoms with Crippen LogP contribution in [0.15, 0.2) is 5.51 Å². The first-order chi connectivity index (χ1) is 9.15. The molecule has 0 radical (unpaired) electrons. The Labute approximate surface area is 113 Å². The molecule has 0 saturated carbocycles. The van der Waals surface area contributed by atoms with Crippen molar-refractivity contribution >= 4 is 28.5 Å². The van der Waals surface area contributed by atoms with Crippen LogP contribution in [0, 0.1) is 0 Å². The minimum Gasteiger partial charge on any atom is -0.480 e. The van der Waals surface area contributed by atoms with Gasteiger partial charge in [0.25, 0.3) is 0 Å². The molecule has 0 aliphatic carbocycles. The number of carbonyl (C=O) groups excluding carboxylic acids is 1. The van der Waals surface area contributed by atoms with Gasteiger partial charge in [0.05, 0.1) is 6.10 Å². The van der Waals surface area contributed by atoms with Crippen LogP contribution in [0.25, 0.3) is 0 Å². The van der Waals surface area contributed by atoms with Gasteiger partial charge in [0.2, 0.25) is 5.13 Å². The number of urea groups is 1. The van der Waals surface area contributed by atoms with Crippen LogP contribution in [0.1, 0.15) is 12.8 Å². The van der Waals surface area contributed by atoms with E-state index < -0.39 is 5.97 Å². The predicted molar refractivity (Wildman–Crippen MR) is 67.1 cm³/mol. The van der Waals surface area contributed by atoms with Crippen molar-refractivity contribution in [3.63, 3.8) is 0 Å². The van der Waals surface area contributed by atoms with Gasteiger partial charge in [-0.15, -0.1) is 10.2 Å². The fourth-order valence-corrected chi connectivity index (χ4v) is 2.25. The van der Waals surface area contributed by atoms with Crippen molar-refractivity contribution < 1.29 is 19.4 Å². The number of carboxylic acids is 1. The predicted octanol–water partition coefficient (Wildman–Crippen LogP) is 0.636. The number of carboxylic acid groups (broad SMARTS) is 1. The number of hydrogen-bond donors (Lipinski definition) is 2. The molecule has 9 heteroatoms. The minimum atomic E-state index is -0.976. The molecule has 0 bridgehead atoms. The normalized spacial score (nSPS) is 16.3. The van der Waals surface area contributed by atoms with Crippen molar-refractivity contribution in [2.45, 2.75) is 18.9 Å². The van der Waals surface area contributed by atoms with Crippen LogP contribution in [0.2, 0.25) is 0 Å².